The zero-order valence-corrected chi connectivity index (χ0v) is 19.7. The molecule has 1 atom stereocenters. The third-order valence-corrected chi connectivity index (χ3v) is 6.16. The maximum atomic E-state index is 13.8. The lowest BCUT2D eigenvalue weighted by Gasteiger charge is -2.30. The number of carbonyl (C=O) groups is 1. The number of halogens is 1. The first-order valence-corrected chi connectivity index (χ1v) is 11.3. The number of methoxy groups -OCH3 is 1. The molecule has 7 heteroatoms. The Morgan fingerprint density at radius 2 is 1.88 bits per heavy atom. The molecule has 4 aromatic rings. The van der Waals surface area contributed by atoms with Crippen molar-refractivity contribution in [3.63, 3.8) is 0 Å². The van der Waals surface area contributed by atoms with Crippen molar-refractivity contribution >= 4 is 39.2 Å². The molecule has 1 heterocycles. The number of amides is 1. The lowest BCUT2D eigenvalue weighted by Crippen LogP contribution is -2.39. The fourth-order valence-electron chi connectivity index (χ4n) is 4.20. The minimum absolute atomic E-state index is 0.135. The van der Waals surface area contributed by atoms with E-state index in [4.69, 9.17) is 21.3 Å². The first-order chi connectivity index (χ1) is 16.0. The van der Waals surface area contributed by atoms with Gasteiger partial charge in [0.2, 0.25) is 0 Å². The van der Waals surface area contributed by atoms with E-state index in [1.165, 1.54) is 0 Å². The van der Waals surface area contributed by atoms with Gasteiger partial charge < -0.3 is 9.64 Å². The summed E-state index contributed by atoms with van der Waals surface area (Å²) >= 11 is 6.11. The highest BCUT2D eigenvalue weighted by atomic mass is 35.5. The Balaban J connectivity index is 1.84. The van der Waals surface area contributed by atoms with Crippen LogP contribution in [-0.4, -0.2) is 40.6 Å². The minimum atomic E-state index is -0.459. The fourth-order valence-corrected chi connectivity index (χ4v) is 4.37. The van der Waals surface area contributed by atoms with E-state index in [1.807, 2.05) is 56.3 Å². The van der Waals surface area contributed by atoms with Crippen LogP contribution in [0.25, 0.3) is 21.7 Å². The number of rotatable bonds is 7. The van der Waals surface area contributed by atoms with Gasteiger partial charge in [-0.05, 0) is 48.9 Å². The van der Waals surface area contributed by atoms with Crippen LogP contribution in [0.5, 0.6) is 0 Å². The summed E-state index contributed by atoms with van der Waals surface area (Å²) in [5.41, 5.74) is 0.991. The molecule has 3 aromatic carbocycles. The van der Waals surface area contributed by atoms with Gasteiger partial charge in [-0.25, -0.2) is 4.98 Å². The highest BCUT2D eigenvalue weighted by Crippen LogP contribution is 2.26. The van der Waals surface area contributed by atoms with Crippen molar-refractivity contribution in [2.45, 2.75) is 26.4 Å². The van der Waals surface area contributed by atoms with E-state index >= 15 is 0 Å². The van der Waals surface area contributed by atoms with Gasteiger partial charge in [0.1, 0.15) is 5.82 Å². The summed E-state index contributed by atoms with van der Waals surface area (Å²) in [4.78, 5) is 33.5. The highest BCUT2D eigenvalue weighted by molar-refractivity contribution is 6.31. The van der Waals surface area contributed by atoms with Gasteiger partial charge in [-0.3, -0.25) is 14.2 Å². The molecule has 0 N–H and O–H groups in total. The number of fused-ring (bicyclic) bond motifs is 2. The number of ether oxygens (including phenoxy) is 1. The SMILES string of the molecule is CCn1c(C(C)N(CCOC)C(=O)c2cccc3ccccc23)nc2ccc(Cl)cc2c1=O. The van der Waals surface area contributed by atoms with Gasteiger partial charge in [0.25, 0.3) is 11.5 Å². The summed E-state index contributed by atoms with van der Waals surface area (Å²) in [5, 5.41) is 2.82. The van der Waals surface area contributed by atoms with Crippen LogP contribution in [0.15, 0.2) is 65.5 Å². The predicted octanol–water partition coefficient (Wildman–Crippen LogP) is 5.07. The van der Waals surface area contributed by atoms with E-state index in [2.05, 4.69) is 0 Å². The summed E-state index contributed by atoms with van der Waals surface area (Å²) in [5.74, 6) is 0.395. The maximum Gasteiger partial charge on any atom is 0.261 e. The number of hydrogen-bond acceptors (Lipinski definition) is 4. The molecule has 6 nitrogen and oxygen atoms in total. The standard InChI is InChI=1S/C26H26ClN3O3/c1-4-29-24(28-23-13-12-19(27)16-22(23)26(29)32)17(2)30(14-15-33-3)25(31)21-11-7-9-18-8-5-6-10-20(18)21/h5-13,16-17H,4,14-15H2,1-3H3. The molecule has 1 amide bonds. The number of benzene rings is 3. The second kappa shape index (κ2) is 9.73. The molecule has 0 aliphatic heterocycles. The van der Waals surface area contributed by atoms with E-state index in [-0.39, 0.29) is 11.5 Å². The monoisotopic (exact) mass is 463 g/mol. The van der Waals surface area contributed by atoms with Crippen LogP contribution in [0.4, 0.5) is 0 Å². The second-order valence-corrected chi connectivity index (χ2v) is 8.31. The predicted molar refractivity (Wildman–Crippen MR) is 132 cm³/mol. The Morgan fingerprint density at radius 3 is 2.64 bits per heavy atom. The number of aromatic nitrogens is 2. The Kier molecular flexibility index (Phi) is 6.77. The third-order valence-electron chi connectivity index (χ3n) is 5.92. The molecule has 170 valence electrons. The molecule has 0 fully saturated rings. The van der Waals surface area contributed by atoms with Gasteiger partial charge in [0.15, 0.2) is 0 Å². The first kappa shape index (κ1) is 23.0. The summed E-state index contributed by atoms with van der Waals surface area (Å²) in [7, 11) is 1.60. The molecule has 0 radical (unpaired) electrons. The van der Waals surface area contributed by atoms with Crippen LogP contribution in [0.1, 0.15) is 36.1 Å². The molecule has 0 spiro atoms. The summed E-state index contributed by atoms with van der Waals surface area (Å²) in [6.07, 6.45) is 0. The quantitative estimate of drug-likeness (QED) is 0.383. The molecule has 33 heavy (non-hydrogen) atoms. The smallest absolute Gasteiger partial charge is 0.261 e. The average molecular weight is 464 g/mol. The molecule has 1 aromatic heterocycles. The van der Waals surface area contributed by atoms with E-state index < -0.39 is 6.04 Å². The van der Waals surface area contributed by atoms with Crippen LogP contribution in [-0.2, 0) is 11.3 Å². The van der Waals surface area contributed by atoms with Crippen LogP contribution < -0.4 is 5.56 Å². The van der Waals surface area contributed by atoms with E-state index in [0.717, 1.165) is 10.8 Å². The van der Waals surface area contributed by atoms with Gasteiger partial charge in [0, 0.05) is 30.8 Å². The van der Waals surface area contributed by atoms with Crippen molar-refractivity contribution < 1.29 is 9.53 Å². The van der Waals surface area contributed by atoms with Crippen molar-refractivity contribution in [1.82, 2.24) is 14.5 Å². The Morgan fingerprint density at radius 1 is 1.12 bits per heavy atom. The summed E-state index contributed by atoms with van der Waals surface area (Å²) in [6.45, 7) is 4.93. The fraction of sp³-hybridized carbons (Fsp3) is 0.269. The van der Waals surface area contributed by atoms with Crippen LogP contribution in [0, 0.1) is 0 Å². The van der Waals surface area contributed by atoms with Crippen LogP contribution >= 0.6 is 11.6 Å². The molecule has 0 aliphatic rings. The van der Waals surface area contributed by atoms with Gasteiger partial charge in [-0.2, -0.15) is 0 Å². The molecule has 4 rings (SSSR count). The summed E-state index contributed by atoms with van der Waals surface area (Å²) < 4.78 is 6.91. The highest BCUT2D eigenvalue weighted by Gasteiger charge is 2.27. The van der Waals surface area contributed by atoms with Crippen molar-refractivity contribution in [2.24, 2.45) is 0 Å². The zero-order valence-electron chi connectivity index (χ0n) is 18.9. The van der Waals surface area contributed by atoms with Crippen LogP contribution in [0.3, 0.4) is 0 Å². The van der Waals surface area contributed by atoms with Crippen molar-refractivity contribution in [3.05, 3.63) is 87.4 Å². The van der Waals surface area contributed by atoms with Gasteiger partial charge >= 0.3 is 0 Å². The summed E-state index contributed by atoms with van der Waals surface area (Å²) in [6, 6.07) is 18.1. The number of nitrogens with zero attached hydrogens (tertiary/aromatic N) is 3. The Bertz CT molecular complexity index is 1380. The van der Waals surface area contributed by atoms with E-state index in [0.29, 0.717) is 47.0 Å². The van der Waals surface area contributed by atoms with Crippen molar-refractivity contribution in [1.29, 1.82) is 0 Å². The minimum Gasteiger partial charge on any atom is -0.383 e. The normalized spacial score (nSPS) is 12.2. The third kappa shape index (κ3) is 4.36. The molecular formula is C26H26ClN3O3. The largest absolute Gasteiger partial charge is 0.383 e. The zero-order chi connectivity index (χ0) is 23.5. The molecule has 0 aliphatic carbocycles. The lowest BCUT2D eigenvalue weighted by molar-refractivity contribution is 0.0605. The van der Waals surface area contributed by atoms with Gasteiger partial charge in [-0.1, -0.05) is 48.0 Å². The van der Waals surface area contributed by atoms with E-state index in [1.54, 1.807) is 34.8 Å². The van der Waals surface area contributed by atoms with Crippen molar-refractivity contribution in [2.75, 3.05) is 20.3 Å². The molecule has 0 saturated heterocycles. The number of hydrogen-bond donors (Lipinski definition) is 0. The molecule has 0 bridgehead atoms. The number of carbonyl (C=O) groups excluding carboxylic acids is 1. The molecule has 0 saturated carbocycles. The van der Waals surface area contributed by atoms with Gasteiger partial charge in [-0.15, -0.1) is 0 Å². The average Bonchev–Trinajstić information content (AvgIpc) is 2.83. The maximum absolute atomic E-state index is 13.8. The van der Waals surface area contributed by atoms with Gasteiger partial charge in [0.05, 0.1) is 23.6 Å². The topological polar surface area (TPSA) is 64.4 Å². The Labute approximate surface area is 197 Å². The lowest BCUT2D eigenvalue weighted by atomic mass is 10.0. The molecule has 1 unspecified atom stereocenters. The van der Waals surface area contributed by atoms with Crippen LogP contribution in [0.2, 0.25) is 5.02 Å². The first-order valence-electron chi connectivity index (χ1n) is 10.9. The second-order valence-electron chi connectivity index (χ2n) is 7.87. The Hall–Kier alpha value is -3.22. The van der Waals surface area contributed by atoms with E-state index in [9.17, 15) is 9.59 Å². The van der Waals surface area contributed by atoms with Crippen molar-refractivity contribution in [3.8, 4) is 0 Å². The molecular weight excluding hydrogens is 438 g/mol.